The molecule has 0 saturated heterocycles. The monoisotopic (exact) mass is 396 g/mol. The molecule has 21 heavy (non-hydrogen) atoms. The Balaban J connectivity index is 0.00000161. The van der Waals surface area contributed by atoms with Gasteiger partial charge in [-0.25, -0.2) is 4.99 Å². The number of guanidine groups is 1. The van der Waals surface area contributed by atoms with Crippen LogP contribution in [-0.2, 0) is 6.54 Å². The zero-order valence-electron chi connectivity index (χ0n) is 12.0. The van der Waals surface area contributed by atoms with Crippen LogP contribution in [-0.4, -0.2) is 17.0 Å². The Morgan fingerprint density at radius 3 is 2.81 bits per heavy atom. The van der Waals surface area contributed by atoms with E-state index in [1.807, 2.05) is 18.3 Å². The van der Waals surface area contributed by atoms with Crippen LogP contribution in [0.15, 0.2) is 41.5 Å². The van der Waals surface area contributed by atoms with E-state index in [0.717, 1.165) is 16.5 Å². The lowest BCUT2D eigenvalue weighted by Crippen LogP contribution is -2.38. The fourth-order valence-corrected chi connectivity index (χ4v) is 2.79. The highest BCUT2D eigenvalue weighted by Gasteiger charge is 2.14. The molecule has 1 heterocycles. The molecule has 1 aliphatic carbocycles. The van der Waals surface area contributed by atoms with Gasteiger partial charge in [0.15, 0.2) is 5.96 Å². The van der Waals surface area contributed by atoms with E-state index < -0.39 is 0 Å². The second-order valence-corrected chi connectivity index (χ2v) is 5.32. The summed E-state index contributed by atoms with van der Waals surface area (Å²) in [4.78, 5) is 8.88. The van der Waals surface area contributed by atoms with E-state index >= 15 is 0 Å². The Bertz CT molecular complexity index is 615. The van der Waals surface area contributed by atoms with E-state index in [1.165, 1.54) is 25.7 Å². The van der Waals surface area contributed by atoms with Gasteiger partial charge >= 0.3 is 0 Å². The van der Waals surface area contributed by atoms with Crippen LogP contribution < -0.4 is 11.1 Å². The number of rotatable bonds is 3. The summed E-state index contributed by atoms with van der Waals surface area (Å²) in [5.74, 6) is 0.546. The molecular weight excluding hydrogens is 375 g/mol. The number of pyridine rings is 1. The lowest BCUT2D eigenvalue weighted by Gasteiger charge is -2.12. The molecule has 0 bridgehead atoms. The largest absolute Gasteiger partial charge is 0.370 e. The summed E-state index contributed by atoms with van der Waals surface area (Å²) in [6.45, 7) is 0.569. The molecule has 0 unspecified atom stereocenters. The van der Waals surface area contributed by atoms with Crippen molar-refractivity contribution in [1.29, 1.82) is 0 Å². The van der Waals surface area contributed by atoms with Crippen LogP contribution in [0.4, 0.5) is 0 Å². The van der Waals surface area contributed by atoms with E-state index in [2.05, 4.69) is 33.5 Å². The highest BCUT2D eigenvalue weighted by atomic mass is 127. The highest BCUT2D eigenvalue weighted by Crippen LogP contribution is 2.18. The topological polar surface area (TPSA) is 63.3 Å². The summed E-state index contributed by atoms with van der Waals surface area (Å²) in [6, 6.07) is 10.7. The van der Waals surface area contributed by atoms with Gasteiger partial charge in [-0.05, 0) is 24.5 Å². The number of hydrogen-bond donors (Lipinski definition) is 2. The highest BCUT2D eigenvalue weighted by molar-refractivity contribution is 14.0. The minimum absolute atomic E-state index is 0. The van der Waals surface area contributed by atoms with Crippen molar-refractivity contribution in [2.24, 2.45) is 10.7 Å². The molecule has 0 aliphatic heterocycles. The molecule has 112 valence electrons. The molecule has 0 spiro atoms. The lowest BCUT2D eigenvalue weighted by molar-refractivity contribution is 0.625. The number of hydrogen-bond acceptors (Lipinski definition) is 2. The van der Waals surface area contributed by atoms with Crippen LogP contribution in [0, 0.1) is 0 Å². The molecule has 1 aliphatic rings. The molecule has 1 saturated carbocycles. The smallest absolute Gasteiger partial charge is 0.189 e. The predicted molar refractivity (Wildman–Crippen MR) is 97.9 cm³/mol. The second kappa shape index (κ2) is 7.59. The van der Waals surface area contributed by atoms with Gasteiger partial charge in [-0.1, -0.05) is 37.1 Å². The summed E-state index contributed by atoms with van der Waals surface area (Å²) in [5.41, 5.74) is 8.08. The maximum atomic E-state index is 5.96. The average Bonchev–Trinajstić information content (AvgIpc) is 2.98. The predicted octanol–water partition coefficient (Wildman–Crippen LogP) is 3.20. The minimum atomic E-state index is 0. The van der Waals surface area contributed by atoms with Crippen LogP contribution in [0.2, 0.25) is 0 Å². The number of para-hydroxylation sites is 1. The van der Waals surface area contributed by atoms with Crippen molar-refractivity contribution in [3.63, 3.8) is 0 Å². The maximum Gasteiger partial charge on any atom is 0.189 e. The Labute approximate surface area is 142 Å². The summed E-state index contributed by atoms with van der Waals surface area (Å²) < 4.78 is 0. The van der Waals surface area contributed by atoms with Crippen LogP contribution in [0.5, 0.6) is 0 Å². The summed E-state index contributed by atoms with van der Waals surface area (Å²) in [5, 5.41) is 4.45. The second-order valence-electron chi connectivity index (χ2n) is 5.32. The molecule has 1 aromatic heterocycles. The number of benzene rings is 1. The maximum absolute atomic E-state index is 5.96. The third-order valence-corrected chi connectivity index (χ3v) is 3.84. The number of nitrogens with zero attached hydrogens (tertiary/aromatic N) is 2. The molecule has 5 heteroatoms. The van der Waals surface area contributed by atoms with E-state index in [-0.39, 0.29) is 24.0 Å². The molecule has 2 aromatic rings. The number of nitrogens with one attached hydrogen (secondary N) is 1. The van der Waals surface area contributed by atoms with Crippen LogP contribution in [0.1, 0.15) is 31.2 Å². The first kappa shape index (κ1) is 16.0. The number of halogens is 1. The third-order valence-electron chi connectivity index (χ3n) is 3.84. The van der Waals surface area contributed by atoms with Crippen molar-refractivity contribution in [2.45, 2.75) is 38.3 Å². The van der Waals surface area contributed by atoms with Gasteiger partial charge in [-0.2, -0.15) is 0 Å². The number of aliphatic imine (C=N–C) groups is 1. The zero-order chi connectivity index (χ0) is 13.8. The molecular formula is C16H21IN4. The van der Waals surface area contributed by atoms with Gasteiger partial charge in [0.2, 0.25) is 0 Å². The molecule has 3 rings (SSSR count). The van der Waals surface area contributed by atoms with Gasteiger partial charge < -0.3 is 11.1 Å². The first-order valence-corrected chi connectivity index (χ1v) is 7.22. The van der Waals surface area contributed by atoms with Gasteiger partial charge in [-0.3, -0.25) is 4.98 Å². The van der Waals surface area contributed by atoms with Crippen molar-refractivity contribution in [2.75, 3.05) is 0 Å². The summed E-state index contributed by atoms with van der Waals surface area (Å²) >= 11 is 0. The lowest BCUT2D eigenvalue weighted by atomic mass is 10.1. The Morgan fingerprint density at radius 1 is 1.24 bits per heavy atom. The van der Waals surface area contributed by atoms with E-state index in [9.17, 15) is 0 Å². The molecule has 1 aromatic carbocycles. The molecule has 0 amide bonds. The standard InChI is InChI=1S/C16H20N4.HI/c17-16(20-14-8-1-2-9-14)19-11-13-6-3-5-12-7-4-10-18-15(12)13;/h3-7,10,14H,1-2,8-9,11H2,(H3,17,19,20);1H. The number of aromatic nitrogens is 1. The van der Waals surface area contributed by atoms with Crippen molar-refractivity contribution in [1.82, 2.24) is 10.3 Å². The molecule has 1 fully saturated rings. The van der Waals surface area contributed by atoms with Gasteiger partial charge in [0.25, 0.3) is 0 Å². The molecule has 0 radical (unpaired) electrons. The van der Waals surface area contributed by atoms with Gasteiger partial charge in [0, 0.05) is 17.6 Å². The quantitative estimate of drug-likeness (QED) is 0.476. The van der Waals surface area contributed by atoms with E-state index in [4.69, 9.17) is 5.73 Å². The first-order valence-electron chi connectivity index (χ1n) is 7.22. The average molecular weight is 396 g/mol. The van der Waals surface area contributed by atoms with E-state index in [1.54, 1.807) is 0 Å². The SMILES string of the molecule is I.NC(=NCc1cccc2cccnc12)NC1CCCC1. The van der Waals surface area contributed by atoms with Gasteiger partial charge in [-0.15, -0.1) is 24.0 Å². The minimum Gasteiger partial charge on any atom is -0.370 e. The van der Waals surface area contributed by atoms with Crippen LogP contribution in [0.25, 0.3) is 10.9 Å². The first-order chi connectivity index (χ1) is 9.83. The molecule has 0 atom stereocenters. The third kappa shape index (κ3) is 4.06. The van der Waals surface area contributed by atoms with Crippen molar-refractivity contribution < 1.29 is 0 Å². The molecule has 4 nitrogen and oxygen atoms in total. The fraction of sp³-hybridized carbons (Fsp3) is 0.375. The van der Waals surface area contributed by atoms with Crippen molar-refractivity contribution >= 4 is 40.8 Å². The Morgan fingerprint density at radius 2 is 2.00 bits per heavy atom. The van der Waals surface area contributed by atoms with Crippen molar-refractivity contribution in [3.05, 3.63) is 42.1 Å². The number of nitrogens with two attached hydrogens (primary N) is 1. The number of fused-ring (bicyclic) bond motifs is 1. The van der Waals surface area contributed by atoms with Gasteiger partial charge in [0.1, 0.15) is 0 Å². The summed E-state index contributed by atoms with van der Waals surface area (Å²) in [6.07, 6.45) is 6.80. The summed E-state index contributed by atoms with van der Waals surface area (Å²) in [7, 11) is 0. The Kier molecular flexibility index (Phi) is 5.78. The Hall–Kier alpha value is -1.37. The fourth-order valence-electron chi connectivity index (χ4n) is 2.79. The van der Waals surface area contributed by atoms with E-state index in [0.29, 0.717) is 18.5 Å². The molecule has 3 N–H and O–H groups in total. The van der Waals surface area contributed by atoms with Crippen LogP contribution in [0.3, 0.4) is 0 Å². The zero-order valence-corrected chi connectivity index (χ0v) is 14.3. The normalized spacial score (nSPS) is 15.9. The van der Waals surface area contributed by atoms with Crippen LogP contribution >= 0.6 is 24.0 Å². The van der Waals surface area contributed by atoms with Gasteiger partial charge in [0.05, 0.1) is 12.1 Å². The van der Waals surface area contributed by atoms with Crippen molar-refractivity contribution in [3.8, 4) is 0 Å².